The summed E-state index contributed by atoms with van der Waals surface area (Å²) in [4.78, 5) is 30.7. The van der Waals surface area contributed by atoms with E-state index in [1.54, 1.807) is 23.1 Å². The first-order valence-corrected chi connectivity index (χ1v) is 14.2. The average Bonchev–Trinajstić information content (AvgIpc) is 3.23. The number of fused-ring (bicyclic) bond motifs is 1. The fourth-order valence-electron chi connectivity index (χ4n) is 5.00. The number of unbranched alkanes of at least 4 members (excludes halogenated alkanes) is 1. The van der Waals surface area contributed by atoms with Crippen molar-refractivity contribution in [1.82, 2.24) is 9.80 Å². The van der Waals surface area contributed by atoms with Crippen molar-refractivity contribution in [1.29, 1.82) is 0 Å². The van der Waals surface area contributed by atoms with Crippen LogP contribution in [0.1, 0.15) is 57.7 Å². The molecule has 1 atom stereocenters. The number of rotatable bonds is 13. The number of hydrogen-bond acceptors (Lipinski definition) is 8. The van der Waals surface area contributed by atoms with Crippen LogP contribution in [0, 0.1) is 0 Å². The number of aliphatic hydroxyl groups is 1. The lowest BCUT2D eigenvalue weighted by Crippen LogP contribution is -2.38. The highest BCUT2D eigenvalue weighted by molar-refractivity contribution is 6.46. The minimum atomic E-state index is -0.798. The maximum atomic E-state index is 13.5. The number of likely N-dealkylation sites (N-methyl/N-ethyl adjacent to an activating group) is 1. The van der Waals surface area contributed by atoms with Gasteiger partial charge in [-0.05, 0) is 62.3 Å². The predicted molar refractivity (Wildman–Crippen MR) is 152 cm³/mol. The number of likely N-dealkylation sites (tertiary alicyclic amines) is 1. The summed E-state index contributed by atoms with van der Waals surface area (Å²) in [6.07, 6.45) is 1.91. The van der Waals surface area contributed by atoms with E-state index in [4.69, 9.17) is 18.9 Å². The molecule has 0 spiro atoms. The normalized spacial score (nSPS) is 17.9. The van der Waals surface area contributed by atoms with Gasteiger partial charge in [0.1, 0.15) is 19.0 Å². The van der Waals surface area contributed by atoms with Crippen LogP contribution in [0.3, 0.4) is 0 Å². The van der Waals surface area contributed by atoms with Crippen molar-refractivity contribution in [2.45, 2.75) is 46.6 Å². The van der Waals surface area contributed by atoms with Crippen LogP contribution in [0.25, 0.3) is 5.76 Å². The lowest BCUT2D eigenvalue weighted by atomic mass is 9.94. The first kappa shape index (κ1) is 29.3. The van der Waals surface area contributed by atoms with Crippen LogP contribution in [0.2, 0.25) is 0 Å². The molecule has 2 aromatic carbocycles. The lowest BCUT2D eigenvalue weighted by molar-refractivity contribution is -0.140. The molecule has 2 aromatic rings. The summed E-state index contributed by atoms with van der Waals surface area (Å²) in [7, 11) is 0. The van der Waals surface area contributed by atoms with Gasteiger partial charge >= 0.3 is 0 Å². The van der Waals surface area contributed by atoms with E-state index < -0.39 is 17.7 Å². The third-order valence-corrected chi connectivity index (χ3v) is 7.25. The van der Waals surface area contributed by atoms with Crippen LogP contribution in [0.5, 0.6) is 23.0 Å². The molecule has 0 bridgehead atoms. The van der Waals surface area contributed by atoms with E-state index in [-0.39, 0.29) is 11.3 Å². The number of hydrogen-bond donors (Lipinski definition) is 1. The van der Waals surface area contributed by atoms with Crippen molar-refractivity contribution < 1.29 is 33.6 Å². The Hall–Kier alpha value is -3.72. The van der Waals surface area contributed by atoms with Gasteiger partial charge in [0.15, 0.2) is 23.0 Å². The molecular formula is C31H40N2O7. The monoisotopic (exact) mass is 552 g/mol. The SMILES string of the molecule is CCCCOc1ccc([C@@H]2/C(=C(\O)c3ccc4c(c3)OCCO4)C(=O)C(=O)N2CCN(CC)CC)cc1OCC. The molecular weight excluding hydrogens is 512 g/mol. The zero-order valence-corrected chi connectivity index (χ0v) is 23.9. The predicted octanol–water partition coefficient (Wildman–Crippen LogP) is 4.80. The molecule has 0 saturated carbocycles. The van der Waals surface area contributed by atoms with E-state index in [1.807, 2.05) is 25.1 Å². The van der Waals surface area contributed by atoms with Crippen molar-refractivity contribution in [3.63, 3.8) is 0 Å². The molecule has 0 aromatic heterocycles. The van der Waals surface area contributed by atoms with Crippen LogP contribution < -0.4 is 18.9 Å². The quantitative estimate of drug-likeness (QED) is 0.164. The van der Waals surface area contributed by atoms with Crippen molar-refractivity contribution in [3.05, 3.63) is 53.1 Å². The summed E-state index contributed by atoms with van der Waals surface area (Å²) in [6, 6.07) is 9.66. The minimum absolute atomic E-state index is 0.0309. The highest BCUT2D eigenvalue weighted by Gasteiger charge is 2.46. The maximum Gasteiger partial charge on any atom is 0.295 e. The number of ketones is 1. The topological polar surface area (TPSA) is 97.8 Å². The number of benzene rings is 2. The molecule has 2 heterocycles. The van der Waals surface area contributed by atoms with Gasteiger partial charge < -0.3 is 33.9 Å². The van der Waals surface area contributed by atoms with Crippen LogP contribution in [-0.2, 0) is 9.59 Å². The Bertz CT molecular complexity index is 1240. The smallest absolute Gasteiger partial charge is 0.295 e. The Kier molecular flexibility index (Phi) is 9.93. The van der Waals surface area contributed by atoms with Gasteiger partial charge in [-0.25, -0.2) is 0 Å². The standard InChI is InChI=1S/C31H40N2O7/c1-5-9-16-38-23-12-10-21(19-25(23)37-8-4)28-27(30(35)31(36)33(28)15-14-32(6-2)7-3)29(34)22-11-13-24-26(20-22)40-18-17-39-24/h10-13,19-20,28,34H,5-9,14-18H2,1-4H3/b29-27+/t28-/m1/s1. The van der Waals surface area contributed by atoms with Gasteiger partial charge in [0.2, 0.25) is 0 Å². The number of aliphatic hydroxyl groups excluding tert-OH is 1. The molecule has 1 amide bonds. The number of Topliss-reactive ketones (excluding diaryl/α,β-unsaturated/α-hetero) is 1. The second kappa shape index (κ2) is 13.6. The molecule has 2 aliphatic rings. The van der Waals surface area contributed by atoms with Gasteiger partial charge in [-0.3, -0.25) is 9.59 Å². The number of carbonyl (C=O) groups is 2. The van der Waals surface area contributed by atoms with E-state index in [2.05, 4.69) is 25.7 Å². The molecule has 1 saturated heterocycles. The summed E-state index contributed by atoms with van der Waals surface area (Å²) < 4.78 is 23.1. The van der Waals surface area contributed by atoms with Crippen molar-refractivity contribution in [3.8, 4) is 23.0 Å². The Balaban J connectivity index is 1.80. The van der Waals surface area contributed by atoms with Crippen LogP contribution >= 0.6 is 0 Å². The van der Waals surface area contributed by atoms with Crippen LogP contribution in [0.15, 0.2) is 42.0 Å². The Morgan fingerprint density at radius 1 is 0.975 bits per heavy atom. The second-order valence-electron chi connectivity index (χ2n) is 9.72. The average molecular weight is 553 g/mol. The highest BCUT2D eigenvalue weighted by Crippen LogP contribution is 2.43. The van der Waals surface area contributed by atoms with Crippen molar-refractivity contribution in [2.75, 3.05) is 52.6 Å². The maximum absolute atomic E-state index is 13.5. The van der Waals surface area contributed by atoms with E-state index in [0.717, 1.165) is 25.9 Å². The van der Waals surface area contributed by atoms with E-state index in [1.165, 1.54) is 0 Å². The van der Waals surface area contributed by atoms with Gasteiger partial charge in [-0.15, -0.1) is 0 Å². The van der Waals surface area contributed by atoms with Gasteiger partial charge in [0, 0.05) is 18.7 Å². The highest BCUT2D eigenvalue weighted by atomic mass is 16.6. The molecule has 0 unspecified atom stereocenters. The lowest BCUT2D eigenvalue weighted by Gasteiger charge is -2.28. The molecule has 4 rings (SSSR count). The Morgan fingerprint density at radius 2 is 1.73 bits per heavy atom. The second-order valence-corrected chi connectivity index (χ2v) is 9.72. The fraction of sp³-hybridized carbons (Fsp3) is 0.484. The third kappa shape index (κ3) is 6.20. The van der Waals surface area contributed by atoms with Gasteiger partial charge in [-0.2, -0.15) is 0 Å². The molecule has 1 fully saturated rings. The Labute approximate surface area is 236 Å². The van der Waals surface area contributed by atoms with E-state index >= 15 is 0 Å². The van der Waals surface area contributed by atoms with Gasteiger partial charge in [0.25, 0.3) is 11.7 Å². The van der Waals surface area contributed by atoms with Crippen LogP contribution in [0.4, 0.5) is 0 Å². The summed E-state index contributed by atoms with van der Waals surface area (Å²) >= 11 is 0. The number of ether oxygens (including phenoxy) is 4. The molecule has 9 nitrogen and oxygen atoms in total. The molecule has 1 N–H and O–H groups in total. The number of amides is 1. The first-order chi connectivity index (χ1) is 19.4. The zero-order chi connectivity index (χ0) is 28.6. The zero-order valence-electron chi connectivity index (χ0n) is 23.9. The van der Waals surface area contributed by atoms with Crippen molar-refractivity contribution >= 4 is 17.4 Å². The summed E-state index contributed by atoms with van der Waals surface area (Å²) in [6.45, 7) is 12.5. The number of nitrogens with zero attached hydrogens (tertiary/aromatic N) is 2. The van der Waals surface area contributed by atoms with Gasteiger partial charge in [-0.1, -0.05) is 33.3 Å². The molecule has 0 radical (unpaired) electrons. The molecule has 2 aliphatic heterocycles. The van der Waals surface area contributed by atoms with E-state index in [0.29, 0.717) is 73.6 Å². The first-order valence-electron chi connectivity index (χ1n) is 14.2. The fourth-order valence-corrected chi connectivity index (χ4v) is 5.00. The summed E-state index contributed by atoms with van der Waals surface area (Å²) in [5, 5.41) is 11.5. The van der Waals surface area contributed by atoms with Gasteiger partial charge in [0.05, 0.1) is 24.8 Å². The van der Waals surface area contributed by atoms with Crippen LogP contribution in [-0.4, -0.2) is 79.2 Å². The Morgan fingerprint density at radius 3 is 2.42 bits per heavy atom. The molecule has 0 aliphatic carbocycles. The molecule has 9 heteroatoms. The largest absolute Gasteiger partial charge is 0.507 e. The molecule has 40 heavy (non-hydrogen) atoms. The summed E-state index contributed by atoms with van der Waals surface area (Å²) in [5.41, 5.74) is 1.06. The third-order valence-electron chi connectivity index (χ3n) is 7.25. The number of carbonyl (C=O) groups excluding carboxylic acids is 2. The summed E-state index contributed by atoms with van der Waals surface area (Å²) in [5.74, 6) is 0.562. The van der Waals surface area contributed by atoms with E-state index in [9.17, 15) is 14.7 Å². The minimum Gasteiger partial charge on any atom is -0.507 e. The molecule has 216 valence electrons. The van der Waals surface area contributed by atoms with Crippen molar-refractivity contribution in [2.24, 2.45) is 0 Å².